The summed E-state index contributed by atoms with van der Waals surface area (Å²) in [7, 11) is 0. The van der Waals surface area contributed by atoms with E-state index in [1.165, 1.54) is 0 Å². The van der Waals surface area contributed by atoms with Crippen molar-refractivity contribution in [3.05, 3.63) is 30.6 Å². The Labute approximate surface area is 147 Å². The molecule has 2 fully saturated rings. The van der Waals surface area contributed by atoms with Crippen LogP contribution >= 0.6 is 0 Å². The van der Waals surface area contributed by atoms with E-state index in [2.05, 4.69) is 33.6 Å². The topological polar surface area (TPSA) is 48.8 Å². The molecule has 2 saturated heterocycles. The molecule has 0 unspecified atom stereocenters. The minimum absolute atomic E-state index is 0.329. The lowest BCUT2D eigenvalue weighted by Crippen LogP contribution is -2.44. The standard InChI is InChI=1S/C19H23N3O3/c1-13-10-21-11-15(9-16(21)12-25-13)22-5-4-20-19(22)14-2-3-17-18(8-14)24-7-6-23-17/h2-5,8,13,15-16H,6-7,9-12H2,1H3/t13-,15-,16-/m0/s1. The lowest BCUT2D eigenvalue weighted by molar-refractivity contribution is -0.0390. The first kappa shape index (κ1) is 15.2. The van der Waals surface area contributed by atoms with Gasteiger partial charge in [-0.15, -0.1) is 0 Å². The first-order valence-corrected chi connectivity index (χ1v) is 9.06. The van der Waals surface area contributed by atoms with Crippen molar-refractivity contribution in [1.29, 1.82) is 0 Å². The van der Waals surface area contributed by atoms with Gasteiger partial charge < -0.3 is 18.8 Å². The summed E-state index contributed by atoms with van der Waals surface area (Å²) in [4.78, 5) is 7.19. The second-order valence-corrected chi connectivity index (χ2v) is 7.16. The van der Waals surface area contributed by atoms with Gasteiger partial charge in [0.1, 0.15) is 19.0 Å². The molecule has 0 radical (unpaired) electrons. The summed E-state index contributed by atoms with van der Waals surface area (Å²) in [6, 6.07) is 7.05. The molecule has 6 heteroatoms. The number of ether oxygens (including phenoxy) is 3. The summed E-state index contributed by atoms with van der Waals surface area (Å²) >= 11 is 0. The van der Waals surface area contributed by atoms with Crippen LogP contribution in [0.15, 0.2) is 30.6 Å². The largest absolute Gasteiger partial charge is 0.486 e. The van der Waals surface area contributed by atoms with E-state index in [1.54, 1.807) is 0 Å². The van der Waals surface area contributed by atoms with E-state index in [4.69, 9.17) is 14.2 Å². The molecule has 4 heterocycles. The Bertz CT molecular complexity index is 775. The van der Waals surface area contributed by atoms with Gasteiger partial charge in [-0.05, 0) is 31.5 Å². The number of morpholine rings is 1. The fourth-order valence-electron chi connectivity index (χ4n) is 4.23. The maximum Gasteiger partial charge on any atom is 0.162 e. The minimum Gasteiger partial charge on any atom is -0.486 e. The number of imidazole rings is 1. The molecule has 0 amide bonds. The molecule has 0 bridgehead atoms. The molecule has 0 aliphatic carbocycles. The number of aromatic nitrogens is 2. The van der Waals surface area contributed by atoms with E-state index in [0.717, 1.165) is 49.0 Å². The van der Waals surface area contributed by atoms with Gasteiger partial charge in [0.2, 0.25) is 0 Å². The van der Waals surface area contributed by atoms with Crippen molar-refractivity contribution >= 4 is 0 Å². The Hall–Kier alpha value is -2.05. The number of hydrogen-bond acceptors (Lipinski definition) is 5. The molecule has 6 nitrogen and oxygen atoms in total. The van der Waals surface area contributed by atoms with Crippen LogP contribution in [0.5, 0.6) is 11.5 Å². The lowest BCUT2D eigenvalue weighted by Gasteiger charge is -2.33. The second-order valence-electron chi connectivity index (χ2n) is 7.16. The Morgan fingerprint density at radius 1 is 1.08 bits per heavy atom. The summed E-state index contributed by atoms with van der Waals surface area (Å²) in [5.74, 6) is 2.62. The summed E-state index contributed by atoms with van der Waals surface area (Å²) in [5.41, 5.74) is 1.07. The summed E-state index contributed by atoms with van der Waals surface area (Å²) in [6.07, 6.45) is 5.43. The van der Waals surface area contributed by atoms with Crippen LogP contribution in [0.1, 0.15) is 19.4 Å². The SMILES string of the molecule is C[C@H]1CN2C[C@@H](n3ccnc3-c3ccc4c(c3)OCCO4)C[C@H]2CO1. The van der Waals surface area contributed by atoms with Crippen LogP contribution in [0.25, 0.3) is 11.4 Å². The molecular formula is C19H23N3O3. The van der Waals surface area contributed by atoms with E-state index in [9.17, 15) is 0 Å². The van der Waals surface area contributed by atoms with Crippen LogP contribution in [0.3, 0.4) is 0 Å². The third kappa shape index (κ3) is 2.69. The van der Waals surface area contributed by atoms with Crippen LogP contribution < -0.4 is 9.47 Å². The Morgan fingerprint density at radius 3 is 2.88 bits per heavy atom. The van der Waals surface area contributed by atoms with Crippen LogP contribution in [-0.2, 0) is 4.74 Å². The molecule has 1 aromatic heterocycles. The molecule has 5 rings (SSSR count). The molecule has 3 aliphatic heterocycles. The first-order chi connectivity index (χ1) is 12.3. The van der Waals surface area contributed by atoms with Crippen LogP contribution in [0.2, 0.25) is 0 Å². The van der Waals surface area contributed by atoms with Crippen molar-refractivity contribution in [3.63, 3.8) is 0 Å². The quantitative estimate of drug-likeness (QED) is 0.839. The third-order valence-electron chi connectivity index (χ3n) is 5.43. The Balaban J connectivity index is 1.43. The van der Waals surface area contributed by atoms with Crippen molar-refractivity contribution in [2.45, 2.75) is 31.5 Å². The maximum absolute atomic E-state index is 5.84. The molecule has 2 aromatic rings. The van der Waals surface area contributed by atoms with E-state index in [0.29, 0.717) is 31.4 Å². The molecule has 0 spiro atoms. The molecule has 1 aromatic carbocycles. The van der Waals surface area contributed by atoms with Crippen molar-refractivity contribution in [2.75, 3.05) is 32.9 Å². The molecule has 0 saturated carbocycles. The van der Waals surface area contributed by atoms with Crippen LogP contribution in [-0.4, -0.2) is 59.5 Å². The molecule has 132 valence electrons. The predicted octanol–water partition coefficient (Wildman–Crippen LogP) is 2.36. The Kier molecular flexibility index (Phi) is 3.68. The van der Waals surface area contributed by atoms with Gasteiger partial charge >= 0.3 is 0 Å². The highest BCUT2D eigenvalue weighted by molar-refractivity contribution is 5.62. The van der Waals surface area contributed by atoms with Crippen LogP contribution in [0.4, 0.5) is 0 Å². The zero-order valence-electron chi connectivity index (χ0n) is 14.4. The third-order valence-corrected chi connectivity index (χ3v) is 5.43. The zero-order chi connectivity index (χ0) is 16.8. The van der Waals surface area contributed by atoms with Gasteiger partial charge in [0.25, 0.3) is 0 Å². The van der Waals surface area contributed by atoms with Gasteiger partial charge in [0, 0.05) is 43.1 Å². The molecular weight excluding hydrogens is 318 g/mol. The predicted molar refractivity (Wildman–Crippen MR) is 93.1 cm³/mol. The van der Waals surface area contributed by atoms with Crippen molar-refractivity contribution in [2.24, 2.45) is 0 Å². The van der Waals surface area contributed by atoms with Gasteiger partial charge in [-0.25, -0.2) is 4.98 Å². The summed E-state index contributed by atoms with van der Waals surface area (Å²) < 4.78 is 19.5. The first-order valence-electron chi connectivity index (χ1n) is 9.06. The molecule has 3 aliphatic rings. The smallest absolute Gasteiger partial charge is 0.162 e. The highest BCUT2D eigenvalue weighted by atomic mass is 16.6. The van der Waals surface area contributed by atoms with Crippen molar-refractivity contribution < 1.29 is 14.2 Å². The van der Waals surface area contributed by atoms with Gasteiger partial charge in [-0.3, -0.25) is 4.90 Å². The van der Waals surface area contributed by atoms with E-state index >= 15 is 0 Å². The number of hydrogen-bond donors (Lipinski definition) is 0. The van der Waals surface area contributed by atoms with Gasteiger partial charge in [0.15, 0.2) is 11.5 Å². The molecule has 3 atom stereocenters. The normalized spacial score (nSPS) is 28.8. The number of fused-ring (bicyclic) bond motifs is 2. The molecule has 0 N–H and O–H groups in total. The highest BCUT2D eigenvalue weighted by Gasteiger charge is 2.37. The monoisotopic (exact) mass is 341 g/mol. The van der Waals surface area contributed by atoms with Crippen molar-refractivity contribution in [1.82, 2.24) is 14.5 Å². The number of nitrogens with zero attached hydrogens (tertiary/aromatic N) is 3. The fraction of sp³-hybridized carbons (Fsp3) is 0.526. The van der Waals surface area contributed by atoms with E-state index < -0.39 is 0 Å². The lowest BCUT2D eigenvalue weighted by atomic mass is 10.1. The van der Waals surface area contributed by atoms with Gasteiger partial charge in [0.05, 0.1) is 12.7 Å². The van der Waals surface area contributed by atoms with Gasteiger partial charge in [-0.2, -0.15) is 0 Å². The number of benzene rings is 1. The highest BCUT2D eigenvalue weighted by Crippen LogP contribution is 2.37. The van der Waals surface area contributed by atoms with Gasteiger partial charge in [-0.1, -0.05) is 0 Å². The number of rotatable bonds is 2. The summed E-state index contributed by atoms with van der Waals surface area (Å²) in [6.45, 7) is 6.29. The average molecular weight is 341 g/mol. The average Bonchev–Trinajstić information content (AvgIpc) is 3.27. The second kappa shape index (κ2) is 6.04. The van der Waals surface area contributed by atoms with E-state index in [1.807, 2.05) is 18.3 Å². The zero-order valence-corrected chi connectivity index (χ0v) is 14.4. The fourth-order valence-corrected chi connectivity index (χ4v) is 4.23. The minimum atomic E-state index is 0.329. The van der Waals surface area contributed by atoms with Crippen LogP contribution in [0, 0.1) is 0 Å². The summed E-state index contributed by atoms with van der Waals surface area (Å²) in [5, 5.41) is 0. The Morgan fingerprint density at radius 2 is 1.96 bits per heavy atom. The van der Waals surface area contributed by atoms with Crippen molar-refractivity contribution in [3.8, 4) is 22.9 Å². The maximum atomic E-state index is 5.84. The molecule has 25 heavy (non-hydrogen) atoms. The van der Waals surface area contributed by atoms with E-state index in [-0.39, 0.29) is 0 Å².